The Morgan fingerprint density at radius 1 is 1.00 bits per heavy atom. The van der Waals surface area contributed by atoms with Gasteiger partial charge in [-0.15, -0.1) is 0 Å². The van der Waals surface area contributed by atoms with Crippen molar-refractivity contribution in [3.63, 3.8) is 0 Å². The van der Waals surface area contributed by atoms with E-state index in [-0.39, 0.29) is 5.92 Å². The number of benzene rings is 2. The predicted molar refractivity (Wildman–Crippen MR) is 87.4 cm³/mol. The molecule has 0 heterocycles. The summed E-state index contributed by atoms with van der Waals surface area (Å²) in [5, 5.41) is 9.32. The average molecular weight is 298 g/mol. The van der Waals surface area contributed by atoms with E-state index < -0.39 is 11.9 Å². The van der Waals surface area contributed by atoms with E-state index in [9.17, 15) is 9.90 Å². The van der Waals surface area contributed by atoms with Gasteiger partial charge in [-0.25, -0.2) is 0 Å². The van der Waals surface area contributed by atoms with Crippen LogP contribution in [0.5, 0.6) is 5.75 Å². The normalized spacial score (nSPS) is 12.2. The number of carbonyl (C=O) groups is 1. The Kier molecular flexibility index (Phi) is 5.21. The summed E-state index contributed by atoms with van der Waals surface area (Å²) in [7, 11) is 0. The van der Waals surface area contributed by atoms with Gasteiger partial charge in [0.05, 0.1) is 5.92 Å². The van der Waals surface area contributed by atoms with Crippen LogP contribution in [0, 0.1) is 0 Å². The van der Waals surface area contributed by atoms with Crippen molar-refractivity contribution in [2.75, 3.05) is 0 Å². The second-order valence-corrected chi connectivity index (χ2v) is 5.75. The van der Waals surface area contributed by atoms with Crippen molar-refractivity contribution in [3.05, 3.63) is 65.2 Å². The smallest absolute Gasteiger partial charge is 0.310 e. The fourth-order valence-electron chi connectivity index (χ4n) is 2.40. The molecular weight excluding hydrogens is 276 g/mol. The van der Waals surface area contributed by atoms with Crippen LogP contribution in [0.1, 0.15) is 49.3 Å². The Morgan fingerprint density at radius 2 is 1.64 bits per heavy atom. The van der Waals surface area contributed by atoms with Crippen molar-refractivity contribution in [3.8, 4) is 5.75 Å². The maximum atomic E-state index is 11.4. The Labute approximate surface area is 131 Å². The van der Waals surface area contributed by atoms with Gasteiger partial charge < -0.3 is 9.84 Å². The van der Waals surface area contributed by atoms with Crippen LogP contribution in [-0.4, -0.2) is 11.1 Å². The van der Waals surface area contributed by atoms with Crippen LogP contribution in [0.15, 0.2) is 48.5 Å². The number of para-hydroxylation sites is 1. The molecule has 0 aliphatic rings. The molecule has 2 aromatic carbocycles. The van der Waals surface area contributed by atoms with Crippen LogP contribution in [0.3, 0.4) is 0 Å². The molecule has 2 rings (SSSR count). The number of rotatable bonds is 6. The lowest BCUT2D eigenvalue weighted by Gasteiger charge is -2.20. The second-order valence-electron chi connectivity index (χ2n) is 5.75. The van der Waals surface area contributed by atoms with Crippen molar-refractivity contribution in [1.29, 1.82) is 0 Å². The van der Waals surface area contributed by atoms with Gasteiger partial charge in [0.15, 0.2) is 0 Å². The number of aliphatic carboxylic acids is 1. The van der Waals surface area contributed by atoms with Gasteiger partial charge in [0.25, 0.3) is 0 Å². The molecule has 0 aliphatic heterocycles. The molecule has 0 fully saturated rings. The highest BCUT2D eigenvalue weighted by Crippen LogP contribution is 2.35. The van der Waals surface area contributed by atoms with Gasteiger partial charge >= 0.3 is 5.97 Å². The maximum absolute atomic E-state index is 11.4. The van der Waals surface area contributed by atoms with Crippen LogP contribution >= 0.6 is 0 Å². The standard InChI is InChI=1S/C19H22O3/c1-13(2)16-10-7-11-17(14(3)19(20)21)18(16)22-12-15-8-5-4-6-9-15/h4-11,13-14H,12H2,1-3H3,(H,20,21). The Morgan fingerprint density at radius 3 is 2.23 bits per heavy atom. The first-order valence-electron chi connectivity index (χ1n) is 7.53. The minimum atomic E-state index is -0.842. The number of hydrogen-bond acceptors (Lipinski definition) is 2. The topological polar surface area (TPSA) is 46.5 Å². The predicted octanol–water partition coefficient (Wildman–Crippen LogP) is 4.58. The summed E-state index contributed by atoms with van der Waals surface area (Å²) in [6, 6.07) is 15.6. The molecule has 2 aromatic rings. The van der Waals surface area contributed by atoms with Gasteiger partial charge in [0.2, 0.25) is 0 Å². The Bertz CT molecular complexity index is 632. The second kappa shape index (κ2) is 7.12. The summed E-state index contributed by atoms with van der Waals surface area (Å²) in [6.45, 7) is 6.29. The monoisotopic (exact) mass is 298 g/mol. The third-order valence-electron chi connectivity index (χ3n) is 3.76. The van der Waals surface area contributed by atoms with Gasteiger partial charge in [-0.05, 0) is 24.0 Å². The molecule has 0 radical (unpaired) electrons. The van der Waals surface area contributed by atoms with Crippen LogP contribution < -0.4 is 4.74 Å². The number of carboxylic acids is 1. The molecular formula is C19H22O3. The van der Waals surface area contributed by atoms with E-state index >= 15 is 0 Å². The van der Waals surface area contributed by atoms with Gasteiger partial charge in [0.1, 0.15) is 12.4 Å². The molecule has 0 aliphatic carbocycles. The maximum Gasteiger partial charge on any atom is 0.310 e. The minimum absolute atomic E-state index is 0.270. The van der Waals surface area contributed by atoms with Gasteiger partial charge in [-0.3, -0.25) is 4.79 Å². The molecule has 3 heteroatoms. The number of hydrogen-bond donors (Lipinski definition) is 1. The fraction of sp³-hybridized carbons (Fsp3) is 0.316. The van der Waals surface area contributed by atoms with E-state index in [0.29, 0.717) is 12.4 Å². The van der Waals surface area contributed by atoms with E-state index in [0.717, 1.165) is 16.7 Å². The van der Waals surface area contributed by atoms with Crippen LogP contribution in [0.2, 0.25) is 0 Å². The summed E-state index contributed by atoms with van der Waals surface area (Å²) in [5.74, 6) is -0.460. The zero-order valence-corrected chi connectivity index (χ0v) is 13.2. The van der Waals surface area contributed by atoms with Crippen LogP contribution in [-0.2, 0) is 11.4 Å². The molecule has 22 heavy (non-hydrogen) atoms. The summed E-state index contributed by atoms with van der Waals surface area (Å²) in [4.78, 5) is 11.4. The van der Waals surface area contributed by atoms with Crippen LogP contribution in [0.4, 0.5) is 0 Å². The van der Waals surface area contributed by atoms with Crippen LogP contribution in [0.25, 0.3) is 0 Å². The third kappa shape index (κ3) is 3.67. The minimum Gasteiger partial charge on any atom is -0.488 e. The van der Waals surface area contributed by atoms with Gasteiger partial charge in [0, 0.05) is 5.56 Å². The summed E-state index contributed by atoms with van der Waals surface area (Å²) >= 11 is 0. The molecule has 116 valence electrons. The highest BCUT2D eigenvalue weighted by Gasteiger charge is 2.21. The Hall–Kier alpha value is -2.29. The molecule has 0 aromatic heterocycles. The van der Waals surface area contributed by atoms with Gasteiger partial charge in [-0.2, -0.15) is 0 Å². The Balaban J connectivity index is 2.35. The molecule has 0 bridgehead atoms. The summed E-state index contributed by atoms with van der Waals surface area (Å²) in [6.07, 6.45) is 0. The van der Waals surface area contributed by atoms with E-state index in [4.69, 9.17) is 4.74 Å². The molecule has 0 amide bonds. The summed E-state index contributed by atoms with van der Waals surface area (Å²) in [5.41, 5.74) is 2.84. The highest BCUT2D eigenvalue weighted by atomic mass is 16.5. The largest absolute Gasteiger partial charge is 0.488 e. The fourth-order valence-corrected chi connectivity index (χ4v) is 2.40. The summed E-state index contributed by atoms with van der Waals surface area (Å²) < 4.78 is 6.02. The third-order valence-corrected chi connectivity index (χ3v) is 3.76. The molecule has 0 spiro atoms. The van der Waals surface area contributed by atoms with Crippen molar-refractivity contribution < 1.29 is 14.6 Å². The molecule has 0 saturated heterocycles. The zero-order chi connectivity index (χ0) is 16.1. The van der Waals surface area contributed by atoms with Crippen molar-refractivity contribution in [1.82, 2.24) is 0 Å². The number of carboxylic acid groups (broad SMARTS) is 1. The molecule has 1 atom stereocenters. The quantitative estimate of drug-likeness (QED) is 0.849. The zero-order valence-electron chi connectivity index (χ0n) is 13.2. The SMILES string of the molecule is CC(C)c1cccc(C(C)C(=O)O)c1OCc1ccccc1. The average Bonchev–Trinajstić information content (AvgIpc) is 2.52. The van der Waals surface area contributed by atoms with Crippen molar-refractivity contribution in [2.45, 2.75) is 39.2 Å². The number of ether oxygens (including phenoxy) is 1. The van der Waals surface area contributed by atoms with Crippen molar-refractivity contribution in [2.24, 2.45) is 0 Å². The van der Waals surface area contributed by atoms with E-state index in [1.165, 1.54) is 0 Å². The van der Waals surface area contributed by atoms with Gasteiger partial charge in [-0.1, -0.05) is 62.4 Å². The molecule has 1 N–H and O–H groups in total. The van der Waals surface area contributed by atoms with E-state index in [1.54, 1.807) is 6.92 Å². The molecule has 0 saturated carbocycles. The lowest BCUT2D eigenvalue weighted by Crippen LogP contribution is -2.11. The molecule has 3 nitrogen and oxygen atoms in total. The first kappa shape index (κ1) is 16.1. The van der Waals surface area contributed by atoms with Crippen molar-refractivity contribution >= 4 is 5.97 Å². The lowest BCUT2D eigenvalue weighted by atomic mass is 9.93. The lowest BCUT2D eigenvalue weighted by molar-refractivity contribution is -0.138. The molecule has 1 unspecified atom stereocenters. The first-order valence-corrected chi connectivity index (χ1v) is 7.53. The van der Waals surface area contributed by atoms with E-state index in [1.807, 2.05) is 48.5 Å². The first-order chi connectivity index (χ1) is 10.5. The highest BCUT2D eigenvalue weighted by molar-refractivity contribution is 5.77. The van der Waals surface area contributed by atoms with E-state index in [2.05, 4.69) is 13.8 Å².